The first-order valence-electron chi connectivity index (χ1n) is 16.2. The van der Waals surface area contributed by atoms with Crippen LogP contribution in [0.3, 0.4) is 0 Å². The van der Waals surface area contributed by atoms with Crippen LogP contribution < -0.4 is 16.0 Å². The lowest BCUT2D eigenvalue weighted by molar-refractivity contribution is -0.142. The van der Waals surface area contributed by atoms with Crippen molar-refractivity contribution in [3.63, 3.8) is 0 Å². The summed E-state index contributed by atoms with van der Waals surface area (Å²) in [6, 6.07) is 15.9. The predicted molar refractivity (Wildman–Crippen MR) is 178 cm³/mol. The standard InChI is InChI=1S/C36H45N5O6/c1-23(2)19-30-36(47)40(4)24(3)34(45)39-29(20-25-11-7-5-8-12-25)35(46)37-17-18-41(22-32(43)38-30)33(44)21-28-27(15-16-31(28)42)26-13-9-6-10-14-26/h5-14,23-24,29-30H,15-22H2,1-4H3,(H,37,46)(H,38,43)(H,39,45)/t24-,29-,30-/m0/s1. The Kier molecular flexibility index (Phi) is 12.1. The monoisotopic (exact) mass is 643 g/mol. The lowest BCUT2D eigenvalue weighted by atomic mass is 9.99. The zero-order valence-corrected chi connectivity index (χ0v) is 27.6. The van der Waals surface area contributed by atoms with E-state index < -0.39 is 47.7 Å². The van der Waals surface area contributed by atoms with E-state index in [1.54, 1.807) is 6.92 Å². The number of carbonyl (C=O) groups is 6. The van der Waals surface area contributed by atoms with E-state index >= 15 is 0 Å². The Hall–Kier alpha value is -4.80. The Morgan fingerprint density at radius 2 is 1.53 bits per heavy atom. The molecule has 47 heavy (non-hydrogen) atoms. The zero-order chi connectivity index (χ0) is 34.1. The normalized spacial score (nSPS) is 22.1. The van der Waals surface area contributed by atoms with Gasteiger partial charge in [-0.25, -0.2) is 0 Å². The number of hydrogen-bond acceptors (Lipinski definition) is 6. The molecule has 1 aliphatic heterocycles. The number of nitrogens with one attached hydrogen (secondary N) is 3. The smallest absolute Gasteiger partial charge is 0.245 e. The molecule has 5 amide bonds. The van der Waals surface area contributed by atoms with Gasteiger partial charge in [-0.1, -0.05) is 74.5 Å². The van der Waals surface area contributed by atoms with Crippen LogP contribution in [0.25, 0.3) is 5.57 Å². The van der Waals surface area contributed by atoms with Gasteiger partial charge in [0.15, 0.2) is 5.78 Å². The number of rotatable bonds is 7. The first kappa shape index (κ1) is 35.1. The maximum absolute atomic E-state index is 13.8. The summed E-state index contributed by atoms with van der Waals surface area (Å²) in [5.74, 6) is -2.50. The number of likely N-dealkylation sites (N-methyl/N-ethyl adjacent to an activating group) is 1. The van der Waals surface area contributed by atoms with Crippen molar-refractivity contribution in [2.75, 3.05) is 26.7 Å². The molecule has 2 aromatic carbocycles. The van der Waals surface area contributed by atoms with Crippen molar-refractivity contribution in [2.45, 2.75) is 71.0 Å². The summed E-state index contributed by atoms with van der Waals surface area (Å²) in [6.45, 7) is 5.02. The van der Waals surface area contributed by atoms with Crippen molar-refractivity contribution in [3.05, 3.63) is 77.4 Å². The van der Waals surface area contributed by atoms with Gasteiger partial charge in [-0.05, 0) is 42.4 Å². The Bertz CT molecular complexity index is 1510. The van der Waals surface area contributed by atoms with Gasteiger partial charge in [0, 0.05) is 38.6 Å². The van der Waals surface area contributed by atoms with Crippen molar-refractivity contribution in [2.24, 2.45) is 5.92 Å². The molecule has 1 aliphatic carbocycles. The molecule has 11 nitrogen and oxygen atoms in total. The van der Waals surface area contributed by atoms with Crippen LogP contribution in [0.15, 0.2) is 66.2 Å². The molecule has 4 rings (SSSR count). The van der Waals surface area contributed by atoms with Gasteiger partial charge in [0.05, 0.1) is 13.0 Å². The Morgan fingerprint density at radius 3 is 2.19 bits per heavy atom. The van der Waals surface area contributed by atoms with E-state index in [-0.39, 0.29) is 44.2 Å². The van der Waals surface area contributed by atoms with Crippen LogP contribution in [0.2, 0.25) is 0 Å². The highest BCUT2D eigenvalue weighted by Gasteiger charge is 2.34. The Balaban J connectivity index is 1.63. The van der Waals surface area contributed by atoms with E-state index in [2.05, 4.69) is 16.0 Å². The van der Waals surface area contributed by atoms with E-state index in [0.29, 0.717) is 24.8 Å². The minimum absolute atomic E-state index is 0.00135. The van der Waals surface area contributed by atoms with Gasteiger partial charge < -0.3 is 25.8 Å². The molecular weight excluding hydrogens is 598 g/mol. The Labute approximate surface area is 276 Å². The second-order valence-corrected chi connectivity index (χ2v) is 12.7. The lowest BCUT2D eigenvalue weighted by Crippen LogP contribution is -2.57. The number of benzene rings is 2. The SMILES string of the molecule is CC(C)C[C@@H]1NC(=O)CN(C(=O)CC2=C(c3ccccc3)CCC2=O)CCNC(=O)[C@H](Cc2ccccc2)NC(=O)[C@H](C)N(C)C1=O. The molecule has 0 unspecified atom stereocenters. The quantitative estimate of drug-likeness (QED) is 0.422. The fourth-order valence-electron chi connectivity index (χ4n) is 5.93. The number of amides is 5. The molecule has 0 aromatic heterocycles. The van der Waals surface area contributed by atoms with Crippen LogP contribution in [0.5, 0.6) is 0 Å². The van der Waals surface area contributed by atoms with Crippen molar-refractivity contribution in [1.29, 1.82) is 0 Å². The van der Waals surface area contributed by atoms with Crippen LogP contribution in [0, 0.1) is 5.92 Å². The third-order valence-electron chi connectivity index (χ3n) is 8.69. The maximum Gasteiger partial charge on any atom is 0.245 e. The fraction of sp³-hybridized carbons (Fsp3) is 0.444. The molecule has 1 fully saturated rings. The van der Waals surface area contributed by atoms with Crippen molar-refractivity contribution < 1.29 is 28.8 Å². The summed E-state index contributed by atoms with van der Waals surface area (Å²) in [5.41, 5.74) is 2.95. The van der Waals surface area contributed by atoms with Crippen molar-refractivity contribution in [3.8, 4) is 0 Å². The van der Waals surface area contributed by atoms with E-state index in [9.17, 15) is 28.8 Å². The first-order valence-corrected chi connectivity index (χ1v) is 16.2. The van der Waals surface area contributed by atoms with Gasteiger partial charge in [-0.2, -0.15) is 0 Å². The number of hydrogen-bond donors (Lipinski definition) is 3. The summed E-state index contributed by atoms with van der Waals surface area (Å²) in [6.07, 6.45) is 1.17. The third-order valence-corrected chi connectivity index (χ3v) is 8.69. The molecule has 0 bridgehead atoms. The van der Waals surface area contributed by atoms with Crippen LogP contribution >= 0.6 is 0 Å². The molecule has 0 spiro atoms. The van der Waals surface area contributed by atoms with Crippen LogP contribution in [-0.2, 0) is 35.2 Å². The minimum atomic E-state index is -0.953. The van der Waals surface area contributed by atoms with Crippen LogP contribution in [0.4, 0.5) is 0 Å². The van der Waals surface area contributed by atoms with Gasteiger partial charge >= 0.3 is 0 Å². The van der Waals surface area contributed by atoms with Crippen LogP contribution in [-0.4, -0.2) is 89.9 Å². The molecule has 3 N–H and O–H groups in total. The fourth-order valence-corrected chi connectivity index (χ4v) is 5.93. The predicted octanol–water partition coefficient (Wildman–Crippen LogP) is 2.26. The molecule has 11 heteroatoms. The average Bonchev–Trinajstić information content (AvgIpc) is 3.41. The molecule has 1 heterocycles. The minimum Gasteiger partial charge on any atom is -0.353 e. The number of ketones is 1. The molecule has 1 saturated heterocycles. The number of allylic oxidation sites excluding steroid dienone is 1. The van der Waals surface area contributed by atoms with Gasteiger partial charge in [0.1, 0.15) is 18.1 Å². The number of nitrogens with zero attached hydrogens (tertiary/aromatic N) is 2. The van der Waals surface area contributed by atoms with Gasteiger partial charge in [0.25, 0.3) is 0 Å². The van der Waals surface area contributed by atoms with E-state index in [1.807, 2.05) is 74.5 Å². The topological polar surface area (TPSA) is 145 Å². The van der Waals surface area contributed by atoms with Crippen molar-refractivity contribution >= 4 is 40.9 Å². The highest BCUT2D eigenvalue weighted by atomic mass is 16.2. The molecule has 2 aromatic rings. The largest absolute Gasteiger partial charge is 0.353 e. The lowest BCUT2D eigenvalue weighted by Gasteiger charge is -2.30. The van der Waals surface area contributed by atoms with Crippen molar-refractivity contribution in [1.82, 2.24) is 25.8 Å². The average molecular weight is 644 g/mol. The highest BCUT2D eigenvalue weighted by molar-refractivity contribution is 6.10. The van der Waals surface area contributed by atoms with Crippen LogP contribution in [0.1, 0.15) is 57.6 Å². The van der Waals surface area contributed by atoms with Gasteiger partial charge in [-0.3, -0.25) is 28.8 Å². The first-order chi connectivity index (χ1) is 22.4. The molecule has 2 aliphatic rings. The van der Waals surface area contributed by atoms with E-state index in [1.165, 1.54) is 16.8 Å². The highest BCUT2D eigenvalue weighted by Crippen LogP contribution is 2.33. The second kappa shape index (κ2) is 16.2. The van der Waals surface area contributed by atoms with E-state index in [4.69, 9.17) is 0 Å². The summed E-state index contributed by atoms with van der Waals surface area (Å²) in [7, 11) is 1.49. The summed E-state index contributed by atoms with van der Waals surface area (Å²) in [5, 5.41) is 8.40. The molecule has 0 saturated carbocycles. The van der Waals surface area contributed by atoms with E-state index in [0.717, 1.165) is 16.7 Å². The molecule has 0 radical (unpaired) electrons. The number of carbonyl (C=O) groups excluding carboxylic acids is 6. The molecule has 3 atom stereocenters. The Morgan fingerprint density at radius 1 is 0.872 bits per heavy atom. The van der Waals surface area contributed by atoms with Gasteiger partial charge in [-0.15, -0.1) is 0 Å². The maximum atomic E-state index is 13.8. The summed E-state index contributed by atoms with van der Waals surface area (Å²) in [4.78, 5) is 83.1. The third kappa shape index (κ3) is 9.37. The second-order valence-electron chi connectivity index (χ2n) is 12.7. The zero-order valence-electron chi connectivity index (χ0n) is 27.6. The summed E-state index contributed by atoms with van der Waals surface area (Å²) < 4.78 is 0. The summed E-state index contributed by atoms with van der Waals surface area (Å²) >= 11 is 0. The molecule has 250 valence electrons. The molecular formula is C36H45N5O6. The van der Waals surface area contributed by atoms with Gasteiger partial charge in [0.2, 0.25) is 29.5 Å². The number of Topliss-reactive ketones (excluding diaryl/α,β-unsaturated/α-hetero) is 1.